The molecule has 2 amide bonds. The van der Waals surface area contributed by atoms with Crippen molar-refractivity contribution in [2.24, 2.45) is 5.16 Å². The Morgan fingerprint density at radius 2 is 2.21 bits per heavy atom. The SMILES string of the molecule is CCNC(=O)C(C#N)=NOC(=O)NC. The molecule has 0 aliphatic carbocycles. The molecule has 76 valence electrons. The van der Waals surface area contributed by atoms with E-state index in [1.54, 1.807) is 6.92 Å². The molecule has 0 atom stereocenters. The zero-order valence-corrected chi connectivity index (χ0v) is 7.83. The van der Waals surface area contributed by atoms with Gasteiger partial charge in [-0.1, -0.05) is 5.16 Å². The molecule has 0 aromatic rings. The molecule has 0 fully saturated rings. The van der Waals surface area contributed by atoms with Gasteiger partial charge in [0.1, 0.15) is 6.07 Å². The van der Waals surface area contributed by atoms with E-state index < -0.39 is 17.7 Å². The van der Waals surface area contributed by atoms with Crippen LogP contribution in [0.5, 0.6) is 0 Å². The first-order valence-corrected chi connectivity index (χ1v) is 3.80. The molecule has 0 aromatic heterocycles. The van der Waals surface area contributed by atoms with Gasteiger partial charge in [0, 0.05) is 13.6 Å². The molecule has 0 unspecified atom stereocenters. The van der Waals surface area contributed by atoms with Crippen molar-refractivity contribution in [2.45, 2.75) is 6.92 Å². The minimum absolute atomic E-state index is 0.361. The first-order chi connectivity index (χ1) is 6.65. The topological polar surface area (TPSA) is 104 Å². The van der Waals surface area contributed by atoms with Gasteiger partial charge in [0.15, 0.2) is 0 Å². The van der Waals surface area contributed by atoms with Crippen molar-refractivity contribution in [2.75, 3.05) is 13.6 Å². The third-order valence-electron chi connectivity index (χ3n) is 1.08. The van der Waals surface area contributed by atoms with Crippen LogP contribution < -0.4 is 10.6 Å². The Hall–Kier alpha value is -2.10. The van der Waals surface area contributed by atoms with Crippen molar-refractivity contribution in [3.8, 4) is 6.07 Å². The molecule has 0 bridgehead atoms. The molecular weight excluding hydrogens is 188 g/mol. The number of nitrogens with zero attached hydrogens (tertiary/aromatic N) is 2. The van der Waals surface area contributed by atoms with Crippen LogP contribution in [-0.4, -0.2) is 31.3 Å². The van der Waals surface area contributed by atoms with E-state index in [0.717, 1.165) is 0 Å². The van der Waals surface area contributed by atoms with Gasteiger partial charge < -0.3 is 10.6 Å². The number of oxime groups is 1. The molecule has 0 heterocycles. The number of hydrogen-bond acceptors (Lipinski definition) is 5. The largest absolute Gasteiger partial charge is 0.433 e. The fourth-order valence-corrected chi connectivity index (χ4v) is 0.490. The Balaban J connectivity index is 4.34. The van der Waals surface area contributed by atoms with E-state index in [-0.39, 0.29) is 0 Å². The van der Waals surface area contributed by atoms with E-state index in [4.69, 9.17) is 5.26 Å². The summed E-state index contributed by atoms with van der Waals surface area (Å²) < 4.78 is 0. The van der Waals surface area contributed by atoms with Crippen LogP contribution in [0.2, 0.25) is 0 Å². The van der Waals surface area contributed by atoms with E-state index in [1.165, 1.54) is 13.1 Å². The second kappa shape index (κ2) is 6.42. The first-order valence-electron chi connectivity index (χ1n) is 3.80. The maximum absolute atomic E-state index is 11.0. The third-order valence-corrected chi connectivity index (χ3v) is 1.08. The summed E-state index contributed by atoms with van der Waals surface area (Å²) in [6, 6.07) is 1.50. The van der Waals surface area contributed by atoms with Crippen molar-refractivity contribution < 1.29 is 14.4 Å². The molecule has 0 saturated carbocycles. The summed E-state index contributed by atoms with van der Waals surface area (Å²) >= 11 is 0. The quantitative estimate of drug-likeness (QED) is 0.357. The summed E-state index contributed by atoms with van der Waals surface area (Å²) in [5, 5.41) is 16.0. The number of nitriles is 1. The van der Waals surface area contributed by atoms with Crippen molar-refractivity contribution in [1.29, 1.82) is 5.26 Å². The van der Waals surface area contributed by atoms with E-state index in [2.05, 4.69) is 20.6 Å². The minimum Gasteiger partial charge on any atom is -0.350 e. The van der Waals surface area contributed by atoms with Gasteiger partial charge in [0.05, 0.1) is 0 Å². The van der Waals surface area contributed by atoms with Crippen molar-refractivity contribution in [3.63, 3.8) is 0 Å². The fourth-order valence-electron chi connectivity index (χ4n) is 0.490. The van der Waals surface area contributed by atoms with Crippen LogP contribution in [0.25, 0.3) is 0 Å². The van der Waals surface area contributed by atoms with Crippen molar-refractivity contribution >= 4 is 17.7 Å². The van der Waals surface area contributed by atoms with Gasteiger partial charge in [-0.15, -0.1) is 0 Å². The number of nitrogens with one attached hydrogen (secondary N) is 2. The van der Waals surface area contributed by atoms with Crippen LogP contribution in [0.3, 0.4) is 0 Å². The number of amides is 2. The molecule has 0 aliphatic rings. The van der Waals surface area contributed by atoms with Gasteiger partial charge in [0.2, 0.25) is 5.71 Å². The number of hydrogen-bond donors (Lipinski definition) is 2. The molecule has 2 N–H and O–H groups in total. The Kier molecular flexibility index (Phi) is 5.46. The number of carbonyl (C=O) groups excluding carboxylic acids is 2. The molecule has 7 nitrogen and oxygen atoms in total. The van der Waals surface area contributed by atoms with Crippen LogP contribution in [0, 0.1) is 11.3 Å². The molecule has 14 heavy (non-hydrogen) atoms. The highest BCUT2D eigenvalue weighted by Gasteiger charge is 2.10. The van der Waals surface area contributed by atoms with Gasteiger partial charge in [-0.25, -0.2) is 4.79 Å². The summed E-state index contributed by atoms with van der Waals surface area (Å²) in [5.41, 5.74) is -0.504. The van der Waals surface area contributed by atoms with Crippen LogP contribution in [-0.2, 0) is 9.63 Å². The first kappa shape index (κ1) is 11.9. The van der Waals surface area contributed by atoms with E-state index in [9.17, 15) is 9.59 Å². The molecular formula is C7H10N4O3. The zero-order valence-electron chi connectivity index (χ0n) is 7.83. The summed E-state index contributed by atoms with van der Waals surface area (Å²) in [7, 11) is 1.33. The van der Waals surface area contributed by atoms with Crippen LogP contribution in [0.4, 0.5) is 4.79 Å². The Morgan fingerprint density at radius 3 is 2.64 bits per heavy atom. The van der Waals surface area contributed by atoms with Gasteiger partial charge in [0.25, 0.3) is 5.91 Å². The van der Waals surface area contributed by atoms with E-state index in [1.807, 2.05) is 0 Å². The smallest absolute Gasteiger partial charge is 0.350 e. The molecule has 0 rings (SSSR count). The molecule has 0 aliphatic heterocycles. The predicted molar refractivity (Wildman–Crippen MR) is 47.3 cm³/mol. The lowest BCUT2D eigenvalue weighted by Crippen LogP contribution is -2.30. The normalized spacial score (nSPS) is 9.93. The second-order valence-corrected chi connectivity index (χ2v) is 2.04. The molecule has 0 radical (unpaired) electrons. The highest BCUT2D eigenvalue weighted by molar-refractivity contribution is 6.45. The van der Waals surface area contributed by atoms with Crippen molar-refractivity contribution in [1.82, 2.24) is 10.6 Å². The minimum atomic E-state index is -0.845. The molecule has 7 heteroatoms. The van der Waals surface area contributed by atoms with Crippen molar-refractivity contribution in [3.05, 3.63) is 0 Å². The van der Waals surface area contributed by atoms with E-state index >= 15 is 0 Å². The molecule has 0 spiro atoms. The van der Waals surface area contributed by atoms with Crippen LogP contribution >= 0.6 is 0 Å². The maximum Gasteiger partial charge on any atom is 0.433 e. The lowest BCUT2D eigenvalue weighted by Gasteiger charge is -1.98. The fraction of sp³-hybridized carbons (Fsp3) is 0.429. The Bertz CT molecular complexity index is 292. The highest BCUT2D eigenvalue weighted by Crippen LogP contribution is 1.83. The third kappa shape index (κ3) is 4.06. The molecule has 0 saturated heterocycles. The average Bonchev–Trinajstić information content (AvgIpc) is 2.18. The van der Waals surface area contributed by atoms with Gasteiger partial charge in [-0.3, -0.25) is 9.63 Å². The van der Waals surface area contributed by atoms with Gasteiger partial charge >= 0.3 is 6.09 Å². The lowest BCUT2D eigenvalue weighted by atomic mass is 10.4. The summed E-state index contributed by atoms with van der Waals surface area (Å²) in [5.74, 6) is -0.682. The average molecular weight is 198 g/mol. The number of carbonyl (C=O) groups is 2. The highest BCUT2D eigenvalue weighted by atomic mass is 16.7. The Labute approximate surface area is 80.7 Å². The summed E-state index contributed by atoms with van der Waals surface area (Å²) in [6.07, 6.45) is -0.845. The molecule has 0 aromatic carbocycles. The second-order valence-electron chi connectivity index (χ2n) is 2.04. The zero-order chi connectivity index (χ0) is 11.0. The van der Waals surface area contributed by atoms with E-state index in [0.29, 0.717) is 6.54 Å². The monoisotopic (exact) mass is 198 g/mol. The number of rotatable bonds is 3. The Morgan fingerprint density at radius 1 is 1.57 bits per heavy atom. The van der Waals surface area contributed by atoms with Gasteiger partial charge in [-0.05, 0) is 6.92 Å². The van der Waals surface area contributed by atoms with Crippen LogP contribution in [0.15, 0.2) is 5.16 Å². The van der Waals surface area contributed by atoms with Crippen LogP contribution in [0.1, 0.15) is 6.92 Å². The summed E-state index contributed by atoms with van der Waals surface area (Å²) in [4.78, 5) is 25.7. The van der Waals surface area contributed by atoms with Gasteiger partial charge in [-0.2, -0.15) is 5.26 Å². The maximum atomic E-state index is 11.0. The summed E-state index contributed by atoms with van der Waals surface area (Å²) in [6.45, 7) is 2.05. The predicted octanol–water partition coefficient (Wildman–Crippen LogP) is -0.642. The lowest BCUT2D eigenvalue weighted by molar-refractivity contribution is -0.114. The standard InChI is InChI=1S/C7H10N4O3/c1-3-10-6(12)5(4-8)11-14-7(13)9-2/h3H2,1-2H3,(H,9,13)(H,10,12).